The molecule has 0 radical (unpaired) electrons. The van der Waals surface area contributed by atoms with Gasteiger partial charge in [0.05, 0.1) is 16.2 Å². The number of fused-ring (bicyclic) bond motifs is 1. The zero-order valence-electron chi connectivity index (χ0n) is 21.3. The Balaban J connectivity index is 1.66. The van der Waals surface area contributed by atoms with Crippen LogP contribution in [0.4, 0.5) is 0 Å². The van der Waals surface area contributed by atoms with Crippen molar-refractivity contribution in [1.29, 1.82) is 0 Å². The molecule has 3 N–H and O–H groups in total. The normalized spacial score (nSPS) is 20.0. The topological polar surface area (TPSA) is 118 Å². The second-order valence-electron chi connectivity index (χ2n) is 9.26. The van der Waals surface area contributed by atoms with E-state index in [9.17, 15) is 19.8 Å². The highest BCUT2D eigenvalue weighted by Crippen LogP contribution is 2.35. The summed E-state index contributed by atoms with van der Waals surface area (Å²) in [5.74, 6) is 1.35. The van der Waals surface area contributed by atoms with Crippen LogP contribution in [-0.2, 0) is 16.1 Å². The van der Waals surface area contributed by atoms with E-state index in [4.69, 9.17) is 14.2 Å². The monoisotopic (exact) mass is 636 g/mol. The molecule has 10 heteroatoms. The number of ether oxygens (including phenoxy) is 3. The summed E-state index contributed by atoms with van der Waals surface area (Å²) in [7, 11) is 0. The van der Waals surface area contributed by atoms with E-state index in [1.807, 2.05) is 37.3 Å². The maximum Gasteiger partial charge on any atom is 0.247 e. The van der Waals surface area contributed by atoms with Gasteiger partial charge in [0, 0.05) is 31.5 Å². The summed E-state index contributed by atoms with van der Waals surface area (Å²) in [6, 6.07) is 12.2. The van der Waals surface area contributed by atoms with E-state index in [-0.39, 0.29) is 44.7 Å². The summed E-state index contributed by atoms with van der Waals surface area (Å²) < 4.78 is 18.0. The fourth-order valence-corrected chi connectivity index (χ4v) is 5.08. The van der Waals surface area contributed by atoms with E-state index in [0.29, 0.717) is 35.7 Å². The van der Waals surface area contributed by atoms with Crippen LogP contribution >= 0.6 is 22.6 Å². The molecular weight excluding hydrogens is 603 g/mol. The Labute approximate surface area is 235 Å². The largest absolute Gasteiger partial charge is 0.482 e. The van der Waals surface area contributed by atoms with Gasteiger partial charge in [-0.25, -0.2) is 0 Å². The highest BCUT2D eigenvalue weighted by Gasteiger charge is 2.40. The van der Waals surface area contributed by atoms with Gasteiger partial charge in [0.25, 0.3) is 0 Å². The molecule has 1 aliphatic carbocycles. The minimum Gasteiger partial charge on any atom is -0.482 e. The van der Waals surface area contributed by atoms with Crippen molar-refractivity contribution < 1.29 is 34.0 Å². The number of para-hydroxylation sites is 1. The summed E-state index contributed by atoms with van der Waals surface area (Å²) in [6.07, 6.45) is 1.70. The highest BCUT2D eigenvalue weighted by atomic mass is 127. The van der Waals surface area contributed by atoms with E-state index < -0.39 is 18.2 Å². The van der Waals surface area contributed by atoms with Crippen molar-refractivity contribution in [3.63, 3.8) is 0 Å². The lowest BCUT2D eigenvalue weighted by Gasteiger charge is -2.40. The first-order valence-electron chi connectivity index (χ1n) is 12.8. The molecule has 1 aliphatic heterocycles. The Morgan fingerprint density at radius 3 is 2.74 bits per heavy atom. The van der Waals surface area contributed by atoms with Gasteiger partial charge in [0.15, 0.2) is 11.5 Å². The van der Waals surface area contributed by atoms with Crippen molar-refractivity contribution in [3.05, 3.63) is 63.2 Å². The van der Waals surface area contributed by atoms with Gasteiger partial charge in [0.1, 0.15) is 18.0 Å². The maximum absolute atomic E-state index is 13.5. The molecule has 2 aromatic carbocycles. The second-order valence-corrected chi connectivity index (χ2v) is 10.4. The fraction of sp³-hybridized carbons (Fsp3) is 0.429. The van der Waals surface area contributed by atoms with Gasteiger partial charge in [-0.15, -0.1) is 0 Å². The molecule has 38 heavy (non-hydrogen) atoms. The Kier molecular flexibility index (Phi) is 9.86. The van der Waals surface area contributed by atoms with Crippen molar-refractivity contribution in [2.45, 2.75) is 57.4 Å². The molecule has 2 aliphatic rings. The average molecular weight is 636 g/mol. The lowest BCUT2D eigenvalue weighted by atomic mass is 9.87. The Morgan fingerprint density at radius 1 is 1.18 bits per heavy atom. The minimum absolute atomic E-state index is 0.0991. The second kappa shape index (κ2) is 13.3. The summed E-state index contributed by atoms with van der Waals surface area (Å²) in [4.78, 5) is 28.1. The average Bonchev–Trinajstić information content (AvgIpc) is 3.39. The number of nitrogens with zero attached hydrogens (tertiary/aromatic N) is 1. The lowest BCUT2D eigenvalue weighted by Crippen LogP contribution is -2.54. The molecule has 0 saturated heterocycles. The highest BCUT2D eigenvalue weighted by molar-refractivity contribution is 14.1. The third-order valence-corrected chi connectivity index (χ3v) is 7.46. The van der Waals surface area contributed by atoms with Crippen LogP contribution in [0.15, 0.2) is 54.1 Å². The van der Waals surface area contributed by atoms with Crippen LogP contribution in [0.25, 0.3) is 0 Å². The smallest absolute Gasteiger partial charge is 0.247 e. The molecule has 2 amide bonds. The van der Waals surface area contributed by atoms with E-state index in [1.165, 1.54) is 0 Å². The number of carbonyl (C=O) groups excluding carboxylic acids is 2. The van der Waals surface area contributed by atoms with E-state index in [2.05, 4.69) is 27.9 Å². The molecular formula is C28H33IN2O7. The van der Waals surface area contributed by atoms with Crippen LogP contribution in [-0.4, -0.2) is 65.1 Å². The van der Waals surface area contributed by atoms with Gasteiger partial charge in [0.2, 0.25) is 18.6 Å². The molecule has 0 bridgehead atoms. The standard InChI is InChI=1S/C28H33IN2O7/c1-2-3-8-26(33)31(16-18-9-10-23-24(13-18)37-17-36-23)21-14-19(28(35)30-11-12-32)15-25(27(21)34)38-22-7-5-4-6-20(22)29/h4-7,9-10,13,15,21,25,27,32,34H,2-3,8,11-12,14,16-17H2,1H3,(H,30,35). The summed E-state index contributed by atoms with van der Waals surface area (Å²) in [5.41, 5.74) is 1.21. The van der Waals surface area contributed by atoms with Crippen LogP contribution in [0.3, 0.4) is 0 Å². The van der Waals surface area contributed by atoms with Crippen LogP contribution in [0.2, 0.25) is 0 Å². The predicted octanol–water partition coefficient (Wildman–Crippen LogP) is 3.15. The summed E-state index contributed by atoms with van der Waals surface area (Å²) in [6.45, 7) is 2.29. The molecule has 0 saturated carbocycles. The summed E-state index contributed by atoms with van der Waals surface area (Å²) >= 11 is 2.15. The van der Waals surface area contributed by atoms with E-state index >= 15 is 0 Å². The molecule has 0 spiro atoms. The third-order valence-electron chi connectivity index (χ3n) is 6.57. The number of rotatable bonds is 11. The number of hydrogen-bond donors (Lipinski definition) is 3. The van der Waals surface area contributed by atoms with Gasteiger partial charge in [-0.3, -0.25) is 9.59 Å². The van der Waals surface area contributed by atoms with Gasteiger partial charge < -0.3 is 34.6 Å². The number of unbranched alkanes of at least 4 members (excludes halogenated alkanes) is 1. The number of benzene rings is 2. The molecule has 3 unspecified atom stereocenters. The van der Waals surface area contributed by atoms with Crippen molar-refractivity contribution in [3.8, 4) is 17.2 Å². The van der Waals surface area contributed by atoms with E-state index in [0.717, 1.165) is 15.6 Å². The van der Waals surface area contributed by atoms with Gasteiger partial charge in [-0.05, 0) is 64.9 Å². The predicted molar refractivity (Wildman–Crippen MR) is 149 cm³/mol. The Morgan fingerprint density at radius 2 is 1.97 bits per heavy atom. The zero-order chi connectivity index (χ0) is 27.1. The molecule has 1 heterocycles. The number of aliphatic hydroxyl groups is 2. The van der Waals surface area contributed by atoms with Gasteiger partial charge in [-0.1, -0.05) is 31.5 Å². The third kappa shape index (κ3) is 6.78. The molecule has 204 valence electrons. The molecule has 0 fully saturated rings. The Bertz CT molecular complexity index is 1170. The van der Waals surface area contributed by atoms with Crippen molar-refractivity contribution in [2.24, 2.45) is 0 Å². The quantitative estimate of drug-likeness (QED) is 0.325. The fourth-order valence-electron chi connectivity index (χ4n) is 4.56. The van der Waals surface area contributed by atoms with E-state index in [1.54, 1.807) is 23.1 Å². The number of amides is 2. The number of nitrogens with one attached hydrogen (secondary N) is 1. The van der Waals surface area contributed by atoms with Crippen LogP contribution in [0.1, 0.15) is 38.2 Å². The first kappa shape index (κ1) is 28.2. The Hall–Kier alpha value is -2.83. The number of hydrogen-bond acceptors (Lipinski definition) is 7. The van der Waals surface area contributed by atoms with Crippen molar-refractivity contribution in [1.82, 2.24) is 10.2 Å². The molecule has 2 aromatic rings. The number of carbonyl (C=O) groups is 2. The molecule has 3 atom stereocenters. The van der Waals surface area contributed by atoms with Gasteiger partial charge in [-0.2, -0.15) is 0 Å². The zero-order valence-corrected chi connectivity index (χ0v) is 23.4. The number of aliphatic hydroxyl groups excluding tert-OH is 2. The molecule has 9 nitrogen and oxygen atoms in total. The van der Waals surface area contributed by atoms with Crippen LogP contribution in [0.5, 0.6) is 17.2 Å². The molecule has 4 rings (SSSR count). The SMILES string of the molecule is CCCCC(=O)N(Cc1ccc2c(c1)OCO2)C1CC(C(=O)NCCO)=CC(Oc2ccccc2I)C1O. The minimum atomic E-state index is -1.08. The molecule has 0 aromatic heterocycles. The first-order chi connectivity index (χ1) is 18.4. The van der Waals surface area contributed by atoms with Crippen LogP contribution < -0.4 is 19.5 Å². The van der Waals surface area contributed by atoms with Crippen LogP contribution in [0, 0.1) is 3.57 Å². The number of halogens is 1. The maximum atomic E-state index is 13.5. The first-order valence-corrected chi connectivity index (χ1v) is 13.9. The summed E-state index contributed by atoms with van der Waals surface area (Å²) in [5, 5.41) is 23.4. The lowest BCUT2D eigenvalue weighted by molar-refractivity contribution is -0.139. The van der Waals surface area contributed by atoms with Crippen molar-refractivity contribution in [2.75, 3.05) is 19.9 Å². The van der Waals surface area contributed by atoms with Crippen molar-refractivity contribution >= 4 is 34.4 Å². The van der Waals surface area contributed by atoms with Gasteiger partial charge >= 0.3 is 0 Å².